The Bertz CT molecular complexity index is 347. The summed E-state index contributed by atoms with van der Waals surface area (Å²) in [5.74, 6) is 0.795. The van der Waals surface area contributed by atoms with E-state index in [-0.39, 0.29) is 5.54 Å². The number of nitrogens with one attached hydrogen (secondary N) is 1. The van der Waals surface area contributed by atoms with E-state index in [0.717, 1.165) is 38.2 Å². The van der Waals surface area contributed by atoms with Crippen molar-refractivity contribution < 1.29 is 24.5 Å². The lowest BCUT2D eigenvalue weighted by atomic mass is 9.93. The highest BCUT2D eigenvalue weighted by Crippen LogP contribution is 2.17. The third-order valence-corrected chi connectivity index (χ3v) is 4.70. The van der Waals surface area contributed by atoms with Crippen LogP contribution in [0.2, 0.25) is 0 Å². The van der Waals surface area contributed by atoms with Crippen LogP contribution in [0.1, 0.15) is 79.1 Å². The molecule has 0 spiro atoms. The summed E-state index contributed by atoms with van der Waals surface area (Å²) in [7, 11) is 0. The van der Waals surface area contributed by atoms with Gasteiger partial charge < -0.3 is 25.0 Å². The third-order valence-electron chi connectivity index (χ3n) is 4.70. The number of carbonyl (C=O) groups is 1. The number of hydrogen-bond acceptors (Lipinski definition) is 5. The van der Waals surface area contributed by atoms with E-state index in [2.05, 4.69) is 19.2 Å². The predicted octanol–water partition coefficient (Wildman–Crippen LogP) is 3.64. The van der Waals surface area contributed by atoms with Gasteiger partial charge in [-0.1, -0.05) is 46.5 Å². The Balaban J connectivity index is 3.80. The lowest BCUT2D eigenvalue weighted by Gasteiger charge is -2.30. The van der Waals surface area contributed by atoms with Crippen molar-refractivity contribution in [1.82, 2.24) is 5.32 Å². The first-order chi connectivity index (χ1) is 12.4. The number of aliphatic hydroxyl groups is 2. The number of rotatable bonds is 16. The molecule has 0 aromatic heterocycles. The van der Waals surface area contributed by atoms with Crippen LogP contribution in [-0.2, 0) is 9.47 Å². The van der Waals surface area contributed by atoms with Gasteiger partial charge in [-0.3, -0.25) is 0 Å². The number of aliphatic hydroxyl groups excluding tert-OH is 2. The third kappa shape index (κ3) is 13.4. The van der Waals surface area contributed by atoms with Crippen molar-refractivity contribution in [3.05, 3.63) is 0 Å². The SMILES string of the molecule is CCC(C)(CCCOCCCCCCC(C)C)NC(=O)OC(CO)CO. The first kappa shape index (κ1) is 25.1. The zero-order valence-corrected chi connectivity index (χ0v) is 17.3. The van der Waals surface area contributed by atoms with Crippen LogP contribution < -0.4 is 5.32 Å². The highest BCUT2D eigenvalue weighted by atomic mass is 16.6. The van der Waals surface area contributed by atoms with Gasteiger partial charge in [0.25, 0.3) is 0 Å². The van der Waals surface area contributed by atoms with E-state index < -0.39 is 25.4 Å². The molecule has 0 fully saturated rings. The van der Waals surface area contributed by atoms with Gasteiger partial charge in [-0.2, -0.15) is 0 Å². The van der Waals surface area contributed by atoms with Crippen molar-refractivity contribution in [2.75, 3.05) is 26.4 Å². The number of carbonyl (C=O) groups excluding carboxylic acids is 1. The largest absolute Gasteiger partial charge is 0.441 e. The summed E-state index contributed by atoms with van der Waals surface area (Å²) < 4.78 is 10.7. The Morgan fingerprint density at radius 2 is 1.65 bits per heavy atom. The van der Waals surface area contributed by atoms with E-state index in [1.165, 1.54) is 25.7 Å². The first-order valence-electron chi connectivity index (χ1n) is 10.1. The summed E-state index contributed by atoms with van der Waals surface area (Å²) in [5, 5.41) is 20.8. The molecular weight excluding hydrogens is 334 g/mol. The Morgan fingerprint density at radius 1 is 1.04 bits per heavy atom. The standard InChI is InChI=1S/C20H41NO5/c1-5-20(4,21-19(24)26-18(15-22)16-23)12-10-14-25-13-9-7-6-8-11-17(2)3/h17-18,22-23H,5-16H2,1-4H3,(H,21,24). The van der Waals surface area contributed by atoms with Crippen LogP contribution in [0.4, 0.5) is 4.79 Å². The second kappa shape index (κ2) is 15.2. The highest BCUT2D eigenvalue weighted by Gasteiger charge is 2.25. The lowest BCUT2D eigenvalue weighted by Crippen LogP contribution is -2.47. The second-order valence-corrected chi connectivity index (χ2v) is 7.74. The van der Waals surface area contributed by atoms with Crippen LogP contribution in [0.15, 0.2) is 0 Å². The maximum atomic E-state index is 11.9. The van der Waals surface area contributed by atoms with E-state index in [9.17, 15) is 4.79 Å². The molecular formula is C20H41NO5. The molecule has 1 amide bonds. The molecule has 0 aromatic carbocycles. The molecule has 6 nitrogen and oxygen atoms in total. The fourth-order valence-electron chi connectivity index (χ4n) is 2.66. The van der Waals surface area contributed by atoms with Gasteiger partial charge in [0.15, 0.2) is 0 Å². The van der Waals surface area contributed by atoms with Crippen LogP contribution in [0, 0.1) is 5.92 Å². The van der Waals surface area contributed by atoms with E-state index in [4.69, 9.17) is 19.7 Å². The molecule has 1 atom stereocenters. The van der Waals surface area contributed by atoms with Gasteiger partial charge in [-0.05, 0) is 38.5 Å². The molecule has 156 valence electrons. The predicted molar refractivity (Wildman–Crippen MR) is 104 cm³/mol. The summed E-state index contributed by atoms with van der Waals surface area (Å²) in [6.45, 7) is 9.21. The fourth-order valence-corrected chi connectivity index (χ4v) is 2.66. The first-order valence-corrected chi connectivity index (χ1v) is 10.1. The fraction of sp³-hybridized carbons (Fsp3) is 0.950. The molecule has 1 unspecified atom stereocenters. The maximum Gasteiger partial charge on any atom is 0.407 e. The maximum absolute atomic E-state index is 11.9. The summed E-state index contributed by atoms with van der Waals surface area (Å²) in [4.78, 5) is 11.9. The zero-order valence-electron chi connectivity index (χ0n) is 17.3. The van der Waals surface area contributed by atoms with Crippen molar-refractivity contribution in [3.63, 3.8) is 0 Å². The smallest absolute Gasteiger partial charge is 0.407 e. The molecule has 6 heteroatoms. The Labute approximate surface area is 159 Å². The molecule has 0 bridgehead atoms. The van der Waals surface area contributed by atoms with Gasteiger partial charge in [0.2, 0.25) is 0 Å². The molecule has 0 aliphatic heterocycles. The average Bonchev–Trinajstić information content (AvgIpc) is 2.60. The Kier molecular flexibility index (Phi) is 14.7. The normalized spacial score (nSPS) is 13.8. The van der Waals surface area contributed by atoms with Crippen molar-refractivity contribution in [2.45, 2.75) is 90.7 Å². The number of hydrogen-bond donors (Lipinski definition) is 3. The van der Waals surface area contributed by atoms with E-state index >= 15 is 0 Å². The number of alkyl carbamates (subject to hydrolysis) is 1. The van der Waals surface area contributed by atoms with Gasteiger partial charge in [-0.25, -0.2) is 4.79 Å². The molecule has 0 saturated heterocycles. The summed E-state index contributed by atoms with van der Waals surface area (Å²) >= 11 is 0. The van der Waals surface area contributed by atoms with Gasteiger partial charge in [0.1, 0.15) is 6.10 Å². The number of ether oxygens (including phenoxy) is 2. The van der Waals surface area contributed by atoms with Gasteiger partial charge in [0.05, 0.1) is 13.2 Å². The molecule has 0 radical (unpaired) electrons. The minimum Gasteiger partial charge on any atom is -0.441 e. The quantitative estimate of drug-likeness (QED) is 0.359. The van der Waals surface area contributed by atoms with Crippen LogP contribution >= 0.6 is 0 Å². The van der Waals surface area contributed by atoms with Crippen LogP contribution in [0.25, 0.3) is 0 Å². The number of amides is 1. The molecule has 0 heterocycles. The van der Waals surface area contributed by atoms with Crippen molar-refractivity contribution in [3.8, 4) is 0 Å². The van der Waals surface area contributed by atoms with E-state index in [1.807, 2.05) is 13.8 Å². The molecule has 0 aliphatic carbocycles. The van der Waals surface area contributed by atoms with Crippen molar-refractivity contribution in [1.29, 1.82) is 0 Å². The van der Waals surface area contributed by atoms with Crippen LogP contribution in [0.5, 0.6) is 0 Å². The van der Waals surface area contributed by atoms with Crippen molar-refractivity contribution in [2.24, 2.45) is 5.92 Å². The minimum absolute atomic E-state index is 0.382. The zero-order chi connectivity index (χ0) is 19.8. The van der Waals surface area contributed by atoms with E-state index in [1.54, 1.807) is 0 Å². The summed E-state index contributed by atoms with van der Waals surface area (Å²) in [6.07, 6.45) is 7.17. The topological polar surface area (TPSA) is 88.0 Å². The molecule has 0 saturated carbocycles. The summed E-state index contributed by atoms with van der Waals surface area (Å²) in [6, 6.07) is 0. The Morgan fingerprint density at radius 3 is 2.23 bits per heavy atom. The lowest BCUT2D eigenvalue weighted by molar-refractivity contribution is 0.0177. The van der Waals surface area contributed by atoms with E-state index in [0.29, 0.717) is 6.61 Å². The highest BCUT2D eigenvalue weighted by molar-refractivity contribution is 5.68. The van der Waals surface area contributed by atoms with Crippen molar-refractivity contribution >= 4 is 6.09 Å². The Hall–Kier alpha value is -0.850. The molecule has 26 heavy (non-hydrogen) atoms. The molecule has 0 aromatic rings. The second-order valence-electron chi connectivity index (χ2n) is 7.74. The van der Waals surface area contributed by atoms with Gasteiger partial charge >= 0.3 is 6.09 Å². The van der Waals surface area contributed by atoms with Gasteiger partial charge in [-0.15, -0.1) is 0 Å². The molecule has 3 N–H and O–H groups in total. The minimum atomic E-state index is -0.875. The van der Waals surface area contributed by atoms with Crippen LogP contribution in [-0.4, -0.2) is 54.4 Å². The van der Waals surface area contributed by atoms with Crippen LogP contribution in [0.3, 0.4) is 0 Å². The average molecular weight is 376 g/mol. The monoisotopic (exact) mass is 375 g/mol. The van der Waals surface area contributed by atoms with Gasteiger partial charge in [0, 0.05) is 18.8 Å². The number of unbranched alkanes of at least 4 members (excludes halogenated alkanes) is 3. The summed E-state index contributed by atoms with van der Waals surface area (Å²) in [5.41, 5.74) is -0.382. The molecule has 0 rings (SSSR count). The molecule has 0 aliphatic rings.